The van der Waals surface area contributed by atoms with Crippen molar-refractivity contribution in [1.29, 1.82) is 0 Å². The number of carbonyl (C=O) groups excluding carboxylic acids is 1. The number of hydrogen-bond donors (Lipinski definition) is 0. The van der Waals surface area contributed by atoms with Crippen molar-refractivity contribution in [3.05, 3.63) is 20.8 Å². The Hall–Kier alpha value is -0.190. The predicted molar refractivity (Wildman–Crippen MR) is 66.1 cm³/mol. The summed E-state index contributed by atoms with van der Waals surface area (Å²) in [5, 5.41) is 0. The van der Waals surface area contributed by atoms with Crippen molar-refractivity contribution in [2.75, 3.05) is 6.54 Å². The molecule has 1 aromatic heterocycles. The third kappa shape index (κ3) is 2.89. The molecule has 4 heteroatoms. The van der Waals surface area contributed by atoms with Gasteiger partial charge in [-0.3, -0.25) is 9.69 Å². The van der Waals surface area contributed by atoms with E-state index in [1.807, 2.05) is 0 Å². The lowest BCUT2D eigenvalue weighted by Gasteiger charge is -2.32. The Labute approximate surface area is 102 Å². The molecule has 82 valence electrons. The van der Waals surface area contributed by atoms with Crippen LogP contribution in [0, 0.1) is 0 Å². The van der Waals surface area contributed by atoms with E-state index in [4.69, 9.17) is 0 Å². The Balaban J connectivity index is 1.97. The number of rotatable bonds is 2. The van der Waals surface area contributed by atoms with Crippen LogP contribution < -0.4 is 0 Å². The Morgan fingerprint density at radius 3 is 3.00 bits per heavy atom. The van der Waals surface area contributed by atoms with Crippen LogP contribution in [-0.4, -0.2) is 23.3 Å². The molecular weight excluding hydrogens is 274 g/mol. The third-order valence-corrected chi connectivity index (χ3v) is 4.42. The van der Waals surface area contributed by atoms with Crippen LogP contribution in [0.2, 0.25) is 0 Å². The number of likely N-dealkylation sites (tertiary alicyclic amines) is 1. The van der Waals surface area contributed by atoms with E-state index in [0.29, 0.717) is 18.2 Å². The maximum Gasteiger partial charge on any atom is 0.135 e. The summed E-state index contributed by atoms with van der Waals surface area (Å²) in [5.74, 6) is 0.408. The molecule has 2 rings (SSSR count). The Morgan fingerprint density at radius 2 is 2.40 bits per heavy atom. The maximum atomic E-state index is 11.2. The molecule has 1 aliphatic heterocycles. The molecule has 0 radical (unpaired) electrons. The average molecular weight is 288 g/mol. The summed E-state index contributed by atoms with van der Waals surface area (Å²) in [5.41, 5.74) is 0. The average Bonchev–Trinajstić information content (AvgIpc) is 2.56. The fraction of sp³-hybridized carbons (Fsp3) is 0.545. The van der Waals surface area contributed by atoms with Crippen LogP contribution in [0.4, 0.5) is 0 Å². The number of halogens is 1. The molecule has 1 aliphatic rings. The molecule has 0 N–H and O–H groups in total. The van der Waals surface area contributed by atoms with Gasteiger partial charge in [-0.05, 0) is 35.0 Å². The number of Topliss-reactive ketones (excluding diaryl/α,β-unsaturated/α-hetero) is 1. The van der Waals surface area contributed by atoms with Crippen molar-refractivity contribution >= 4 is 33.0 Å². The Bertz CT molecular complexity index is 363. The molecule has 1 saturated heterocycles. The molecule has 0 saturated carbocycles. The summed E-state index contributed by atoms with van der Waals surface area (Å²) >= 11 is 5.24. The van der Waals surface area contributed by atoms with E-state index in [0.717, 1.165) is 19.5 Å². The Morgan fingerprint density at radius 1 is 1.60 bits per heavy atom. The number of ketones is 1. The lowest BCUT2D eigenvalue weighted by molar-refractivity contribution is -0.123. The van der Waals surface area contributed by atoms with Crippen molar-refractivity contribution < 1.29 is 4.79 Å². The van der Waals surface area contributed by atoms with Gasteiger partial charge in [0.2, 0.25) is 0 Å². The smallest absolute Gasteiger partial charge is 0.135 e. The van der Waals surface area contributed by atoms with Crippen LogP contribution in [0.5, 0.6) is 0 Å². The van der Waals surface area contributed by atoms with E-state index in [2.05, 4.69) is 39.9 Å². The zero-order valence-corrected chi connectivity index (χ0v) is 11.1. The van der Waals surface area contributed by atoms with E-state index < -0.39 is 0 Å². The SMILES string of the molecule is CC1CC(=O)CCN1Cc1ccc(Br)s1. The van der Waals surface area contributed by atoms with Gasteiger partial charge < -0.3 is 0 Å². The molecule has 0 spiro atoms. The van der Waals surface area contributed by atoms with E-state index in [1.165, 1.54) is 8.66 Å². The summed E-state index contributed by atoms with van der Waals surface area (Å²) in [6.07, 6.45) is 1.43. The number of hydrogen-bond acceptors (Lipinski definition) is 3. The number of carbonyl (C=O) groups is 1. The summed E-state index contributed by atoms with van der Waals surface area (Å²) in [4.78, 5) is 15.0. The van der Waals surface area contributed by atoms with Crippen molar-refractivity contribution in [1.82, 2.24) is 4.90 Å². The molecular formula is C11H14BrNOS. The second-order valence-corrected chi connectivity index (χ2v) is 6.57. The highest BCUT2D eigenvalue weighted by molar-refractivity contribution is 9.11. The maximum absolute atomic E-state index is 11.2. The summed E-state index contributed by atoms with van der Waals surface area (Å²) in [7, 11) is 0. The highest BCUT2D eigenvalue weighted by Gasteiger charge is 2.23. The minimum absolute atomic E-state index is 0.395. The second-order valence-electron chi connectivity index (χ2n) is 4.02. The molecule has 1 unspecified atom stereocenters. The molecule has 0 amide bonds. The van der Waals surface area contributed by atoms with Crippen LogP contribution in [-0.2, 0) is 11.3 Å². The first-order chi connectivity index (χ1) is 7.15. The third-order valence-electron chi connectivity index (χ3n) is 2.81. The van der Waals surface area contributed by atoms with E-state index in [9.17, 15) is 4.79 Å². The van der Waals surface area contributed by atoms with Gasteiger partial charge in [0.1, 0.15) is 5.78 Å². The normalized spacial score (nSPS) is 23.3. The standard InChI is InChI=1S/C11H14BrNOS/c1-8-6-9(14)4-5-13(8)7-10-2-3-11(12)15-10/h2-3,8H,4-7H2,1H3. The molecule has 15 heavy (non-hydrogen) atoms. The first-order valence-corrected chi connectivity index (χ1v) is 6.76. The Kier molecular flexibility index (Phi) is 3.59. The lowest BCUT2D eigenvalue weighted by atomic mass is 10.0. The molecule has 1 fully saturated rings. The van der Waals surface area contributed by atoms with Gasteiger partial charge >= 0.3 is 0 Å². The quantitative estimate of drug-likeness (QED) is 0.833. The van der Waals surface area contributed by atoms with Crippen LogP contribution in [0.3, 0.4) is 0 Å². The monoisotopic (exact) mass is 287 g/mol. The topological polar surface area (TPSA) is 20.3 Å². The van der Waals surface area contributed by atoms with Gasteiger partial charge in [-0.2, -0.15) is 0 Å². The predicted octanol–water partition coefficient (Wildman–Crippen LogP) is 3.06. The number of nitrogens with zero attached hydrogens (tertiary/aromatic N) is 1. The van der Waals surface area contributed by atoms with E-state index in [-0.39, 0.29) is 0 Å². The second kappa shape index (κ2) is 4.76. The van der Waals surface area contributed by atoms with Gasteiger partial charge in [-0.15, -0.1) is 11.3 Å². The van der Waals surface area contributed by atoms with Crippen LogP contribution in [0.1, 0.15) is 24.6 Å². The van der Waals surface area contributed by atoms with Crippen LogP contribution >= 0.6 is 27.3 Å². The van der Waals surface area contributed by atoms with Crippen LogP contribution in [0.25, 0.3) is 0 Å². The van der Waals surface area contributed by atoms with Gasteiger partial charge in [0, 0.05) is 36.9 Å². The molecule has 0 bridgehead atoms. The molecule has 2 heterocycles. The minimum atomic E-state index is 0.395. The highest BCUT2D eigenvalue weighted by Crippen LogP contribution is 2.25. The first kappa shape index (κ1) is 11.3. The van der Waals surface area contributed by atoms with Gasteiger partial charge in [0.25, 0.3) is 0 Å². The van der Waals surface area contributed by atoms with Gasteiger partial charge in [0.15, 0.2) is 0 Å². The van der Waals surface area contributed by atoms with Crippen molar-refractivity contribution in [2.45, 2.75) is 32.4 Å². The molecule has 0 aromatic carbocycles. The first-order valence-electron chi connectivity index (χ1n) is 5.15. The fourth-order valence-electron chi connectivity index (χ4n) is 1.92. The minimum Gasteiger partial charge on any atom is -0.300 e. The van der Waals surface area contributed by atoms with Crippen molar-refractivity contribution in [2.24, 2.45) is 0 Å². The lowest BCUT2D eigenvalue weighted by Crippen LogP contribution is -2.40. The summed E-state index contributed by atoms with van der Waals surface area (Å²) in [6, 6.07) is 4.63. The van der Waals surface area contributed by atoms with Crippen molar-refractivity contribution in [3.63, 3.8) is 0 Å². The van der Waals surface area contributed by atoms with E-state index in [1.54, 1.807) is 11.3 Å². The van der Waals surface area contributed by atoms with Gasteiger partial charge in [0.05, 0.1) is 3.79 Å². The number of piperidine rings is 1. The summed E-state index contributed by atoms with van der Waals surface area (Å²) < 4.78 is 1.18. The summed E-state index contributed by atoms with van der Waals surface area (Å²) in [6.45, 7) is 4.03. The van der Waals surface area contributed by atoms with Crippen molar-refractivity contribution in [3.8, 4) is 0 Å². The van der Waals surface area contributed by atoms with Gasteiger partial charge in [-0.25, -0.2) is 0 Å². The van der Waals surface area contributed by atoms with E-state index >= 15 is 0 Å². The fourth-order valence-corrected chi connectivity index (χ4v) is 3.43. The molecule has 1 aromatic rings. The number of thiophene rings is 1. The zero-order valence-electron chi connectivity index (χ0n) is 8.70. The molecule has 0 aliphatic carbocycles. The van der Waals surface area contributed by atoms with Gasteiger partial charge in [-0.1, -0.05) is 0 Å². The largest absolute Gasteiger partial charge is 0.300 e. The molecule has 2 nitrogen and oxygen atoms in total. The molecule has 1 atom stereocenters. The van der Waals surface area contributed by atoms with Crippen LogP contribution in [0.15, 0.2) is 15.9 Å². The zero-order chi connectivity index (χ0) is 10.8. The highest BCUT2D eigenvalue weighted by atomic mass is 79.9.